The zero-order chi connectivity index (χ0) is 46.4. The van der Waals surface area contributed by atoms with Crippen molar-refractivity contribution in [2.24, 2.45) is 0 Å². The number of fused-ring (bicyclic) bond motifs is 1. The molecule has 0 saturated carbocycles. The fourth-order valence-electron chi connectivity index (χ4n) is 10.3. The van der Waals surface area contributed by atoms with E-state index in [1.165, 1.54) is 0 Å². The van der Waals surface area contributed by atoms with Gasteiger partial charge in [0.15, 0.2) is 0 Å². The number of piperazine rings is 1. The summed E-state index contributed by atoms with van der Waals surface area (Å²) in [5.41, 5.74) is 6.64. The van der Waals surface area contributed by atoms with Crippen molar-refractivity contribution in [2.45, 2.75) is 102 Å². The summed E-state index contributed by atoms with van der Waals surface area (Å²) in [5.74, 6) is 0.921. The molecule has 1 N–H and O–H groups in total. The van der Waals surface area contributed by atoms with Crippen LogP contribution >= 0.6 is 18.7 Å². The molecule has 13 nitrogen and oxygen atoms in total. The zero-order valence-corrected chi connectivity index (χ0v) is 40.3. The maximum Gasteiger partial charge on any atom is 0.255 e. The minimum atomic E-state index is -2.48. The number of halogens is 1. The summed E-state index contributed by atoms with van der Waals surface area (Å²) in [6.07, 6.45) is 11.9. The maximum absolute atomic E-state index is 13.2. The van der Waals surface area contributed by atoms with E-state index in [-0.39, 0.29) is 30.0 Å². The Labute approximate surface area is 394 Å². The van der Waals surface area contributed by atoms with Crippen molar-refractivity contribution < 1.29 is 28.5 Å². The number of anilines is 1. The number of carbonyl (C=O) groups excluding carboxylic acids is 4. The Hall–Kier alpha value is -5.10. The number of aryl methyl sites for hydroxylation is 1. The second kappa shape index (κ2) is 21.2. The lowest BCUT2D eigenvalue weighted by atomic mass is 9.98. The Morgan fingerprint density at radius 1 is 0.848 bits per heavy atom. The third-order valence-electron chi connectivity index (χ3n) is 13.9. The average Bonchev–Trinajstić information content (AvgIpc) is 3.65. The first-order chi connectivity index (χ1) is 31.9. The predicted molar refractivity (Wildman–Crippen MR) is 258 cm³/mol. The van der Waals surface area contributed by atoms with Gasteiger partial charge in [-0.3, -0.25) is 29.4 Å². The van der Waals surface area contributed by atoms with Gasteiger partial charge in [0, 0.05) is 112 Å². The van der Waals surface area contributed by atoms with Gasteiger partial charge >= 0.3 is 0 Å². The van der Waals surface area contributed by atoms with E-state index in [1.54, 1.807) is 31.5 Å². The molecule has 1 atom stereocenters. The second-order valence-corrected chi connectivity index (χ2v) is 22.2. The van der Waals surface area contributed by atoms with Crippen molar-refractivity contribution in [1.82, 2.24) is 30.0 Å². The van der Waals surface area contributed by atoms with Crippen molar-refractivity contribution in [3.05, 3.63) is 111 Å². The molecule has 1 aromatic heterocycles. The van der Waals surface area contributed by atoms with Gasteiger partial charge in [-0.1, -0.05) is 73.3 Å². The smallest absolute Gasteiger partial charge is 0.255 e. The normalized spacial score (nSPS) is 18.5. The molecule has 4 aliphatic rings. The number of nitrogens with one attached hydrogen (secondary N) is 1. The SMILES string of the molecule is COc1cc(N2CCC(N3CCN(C(=O)CCCCCCCc4cccc5c4CN(C4CCC(=O)NC4=O)C5=O)CC3)CC2)ccc1Cc1ncc(Cl)c(Cc2ccccc2P(C)(C)=O)n1. The molecule has 1 unspecified atom stereocenters. The topological polar surface area (TPSA) is 145 Å². The maximum atomic E-state index is 13.2. The molecule has 4 amide bonds. The number of aromatic nitrogens is 2. The molecule has 15 heteroatoms. The molecule has 4 aromatic rings. The summed E-state index contributed by atoms with van der Waals surface area (Å²) < 4.78 is 18.9. The van der Waals surface area contributed by atoms with Crippen LogP contribution in [0.1, 0.15) is 108 Å². The molecule has 350 valence electrons. The molecule has 5 heterocycles. The summed E-state index contributed by atoms with van der Waals surface area (Å²) >= 11 is 6.58. The first-order valence-electron chi connectivity index (χ1n) is 23.7. The summed E-state index contributed by atoms with van der Waals surface area (Å²) in [4.78, 5) is 68.5. The molecule has 4 aliphatic heterocycles. The number of methoxy groups -OCH3 is 1. The van der Waals surface area contributed by atoms with Gasteiger partial charge < -0.3 is 24.0 Å². The minimum Gasteiger partial charge on any atom is -0.496 e. The molecule has 0 radical (unpaired) electrons. The number of amides is 4. The standard InChI is InChI=1S/C51H63ClN7O6P/c1-65-45-32-39(19-18-36(45)31-47-53-33-42(52)43(54-47)30-37-13-9-10-16-46(37)66(2,3)64)56-24-22-38(23-25-56)57-26-28-58(29-27-57)49(61)17-8-6-4-5-7-12-35-14-11-15-40-41(35)34-59(51(40)63)44-20-21-48(60)55-50(44)62/h9-11,13-16,18-19,32-33,38,44H,4-8,12,17,20-31,34H2,1-3H3,(H,55,60,62). The highest BCUT2D eigenvalue weighted by Crippen LogP contribution is 2.37. The number of rotatable bonds is 17. The zero-order valence-electron chi connectivity index (χ0n) is 38.6. The van der Waals surface area contributed by atoms with Crippen molar-refractivity contribution >= 4 is 53.4 Å². The molecule has 3 fully saturated rings. The van der Waals surface area contributed by atoms with Crippen LogP contribution in [-0.4, -0.2) is 120 Å². The second-order valence-electron chi connectivity index (χ2n) is 18.7. The molecule has 3 aromatic carbocycles. The Morgan fingerprint density at radius 3 is 2.35 bits per heavy atom. The summed E-state index contributed by atoms with van der Waals surface area (Å²) in [6, 6.07) is 19.9. The van der Waals surface area contributed by atoms with Gasteiger partial charge in [-0.05, 0) is 80.7 Å². The first-order valence-corrected chi connectivity index (χ1v) is 26.7. The quantitative estimate of drug-likeness (QED) is 0.0666. The van der Waals surface area contributed by atoms with E-state index >= 15 is 0 Å². The van der Waals surface area contributed by atoms with E-state index in [9.17, 15) is 23.7 Å². The summed E-state index contributed by atoms with van der Waals surface area (Å²) in [6.45, 7) is 9.29. The van der Waals surface area contributed by atoms with Crippen LogP contribution < -0.4 is 20.3 Å². The van der Waals surface area contributed by atoms with Crippen LogP contribution in [0.25, 0.3) is 0 Å². The highest BCUT2D eigenvalue weighted by Gasteiger charge is 2.40. The van der Waals surface area contributed by atoms with E-state index < -0.39 is 13.2 Å². The molecule has 0 spiro atoms. The summed E-state index contributed by atoms with van der Waals surface area (Å²) in [7, 11) is -0.775. The largest absolute Gasteiger partial charge is 0.496 e. The van der Waals surface area contributed by atoms with Crippen LogP contribution in [0.2, 0.25) is 5.02 Å². The number of hydrogen-bond donors (Lipinski definition) is 1. The fourth-order valence-corrected chi connectivity index (χ4v) is 11.7. The Bertz CT molecular complexity index is 2480. The third-order valence-corrected chi connectivity index (χ3v) is 15.9. The van der Waals surface area contributed by atoms with Crippen LogP contribution in [0.15, 0.2) is 66.9 Å². The fraction of sp³-hybridized carbons (Fsp3) is 0.490. The molecule has 8 rings (SSSR count). The highest BCUT2D eigenvalue weighted by atomic mass is 35.5. The van der Waals surface area contributed by atoms with Crippen molar-refractivity contribution in [3.63, 3.8) is 0 Å². The average molecular weight is 937 g/mol. The van der Waals surface area contributed by atoms with Gasteiger partial charge in [0.2, 0.25) is 17.7 Å². The van der Waals surface area contributed by atoms with Gasteiger partial charge in [-0.15, -0.1) is 0 Å². The monoisotopic (exact) mass is 935 g/mol. The summed E-state index contributed by atoms with van der Waals surface area (Å²) in [5, 5.41) is 3.71. The number of ether oxygens (including phenoxy) is 1. The van der Waals surface area contributed by atoms with Gasteiger partial charge in [0.1, 0.15) is 24.8 Å². The van der Waals surface area contributed by atoms with Crippen LogP contribution in [0.5, 0.6) is 5.75 Å². The lowest BCUT2D eigenvalue weighted by molar-refractivity contribution is -0.137. The van der Waals surface area contributed by atoms with Gasteiger partial charge in [0.25, 0.3) is 5.91 Å². The van der Waals surface area contributed by atoms with Crippen LogP contribution in [-0.2, 0) is 44.8 Å². The minimum absolute atomic E-state index is 0.129. The number of nitrogens with zero attached hydrogens (tertiary/aromatic N) is 6. The predicted octanol–water partition coefficient (Wildman–Crippen LogP) is 7.03. The number of carbonyl (C=O) groups is 4. The van der Waals surface area contributed by atoms with Gasteiger partial charge in [0.05, 0.1) is 17.8 Å². The van der Waals surface area contributed by atoms with Crippen LogP contribution in [0.4, 0.5) is 5.69 Å². The third kappa shape index (κ3) is 11.2. The molecule has 66 heavy (non-hydrogen) atoms. The molecule has 0 aliphatic carbocycles. The molecule has 0 bridgehead atoms. The molecule has 3 saturated heterocycles. The highest BCUT2D eigenvalue weighted by molar-refractivity contribution is 7.70. The van der Waals surface area contributed by atoms with Crippen molar-refractivity contribution in [3.8, 4) is 5.75 Å². The molecular formula is C51H63ClN7O6P. The van der Waals surface area contributed by atoms with E-state index in [2.05, 4.69) is 49.3 Å². The van der Waals surface area contributed by atoms with Crippen LogP contribution in [0.3, 0.4) is 0 Å². The Balaban J connectivity index is 0.730. The number of piperidine rings is 2. The Kier molecular flexibility index (Phi) is 15.3. The van der Waals surface area contributed by atoms with E-state index in [0.29, 0.717) is 60.4 Å². The number of unbranched alkanes of at least 4 members (excludes halogenated alkanes) is 4. The lowest BCUT2D eigenvalue weighted by Gasteiger charge is -2.43. The Morgan fingerprint density at radius 2 is 1.59 bits per heavy atom. The van der Waals surface area contributed by atoms with E-state index in [0.717, 1.165) is 130 Å². The number of hydrogen-bond acceptors (Lipinski definition) is 10. The van der Waals surface area contributed by atoms with E-state index in [1.807, 2.05) is 36.4 Å². The number of imide groups is 1. The van der Waals surface area contributed by atoms with Crippen molar-refractivity contribution in [1.29, 1.82) is 0 Å². The number of benzene rings is 3. The van der Waals surface area contributed by atoms with Crippen LogP contribution in [0, 0.1) is 0 Å². The molecular weight excluding hydrogens is 873 g/mol. The first kappa shape index (κ1) is 47.4. The lowest BCUT2D eigenvalue weighted by Crippen LogP contribution is -2.54. The van der Waals surface area contributed by atoms with E-state index in [4.69, 9.17) is 21.3 Å². The van der Waals surface area contributed by atoms with Gasteiger partial charge in [-0.25, -0.2) is 9.97 Å². The van der Waals surface area contributed by atoms with Crippen molar-refractivity contribution in [2.75, 3.05) is 64.6 Å². The van der Waals surface area contributed by atoms with Gasteiger partial charge in [-0.2, -0.15) is 0 Å².